The number of aryl methyl sites for hydroxylation is 1. The van der Waals surface area contributed by atoms with Crippen molar-refractivity contribution in [3.63, 3.8) is 0 Å². The van der Waals surface area contributed by atoms with Gasteiger partial charge in [-0.2, -0.15) is 13.2 Å². The number of aliphatic imine (C=N–C) groups is 1. The zero-order valence-electron chi connectivity index (χ0n) is 15.5. The number of carbonyl (C=O) groups is 1. The number of halogens is 3. The molecule has 0 bridgehead atoms. The number of guanidine groups is 1. The fourth-order valence-electron chi connectivity index (χ4n) is 2.98. The van der Waals surface area contributed by atoms with Crippen LogP contribution in [0.25, 0.3) is 10.9 Å². The molecule has 0 unspecified atom stereocenters. The number of amides is 1. The number of benzene rings is 1. The summed E-state index contributed by atoms with van der Waals surface area (Å²) >= 11 is 0. The predicted octanol–water partition coefficient (Wildman–Crippen LogP) is 2.48. The Hall–Kier alpha value is -2.75. The van der Waals surface area contributed by atoms with Gasteiger partial charge in [0.1, 0.15) is 0 Å². The van der Waals surface area contributed by atoms with Crippen molar-refractivity contribution in [2.24, 2.45) is 4.99 Å². The number of fused-ring (bicyclic) bond motifs is 1. The third-order valence-corrected chi connectivity index (χ3v) is 4.51. The third-order valence-electron chi connectivity index (χ3n) is 4.51. The van der Waals surface area contributed by atoms with Crippen molar-refractivity contribution in [2.75, 3.05) is 25.5 Å². The second-order valence-electron chi connectivity index (χ2n) is 6.74. The lowest BCUT2D eigenvalue weighted by atomic mass is 10.1. The van der Waals surface area contributed by atoms with E-state index in [1.54, 1.807) is 19.1 Å². The number of para-hydroxylation sites is 1. The molecule has 2 heterocycles. The quantitative estimate of drug-likeness (QED) is 0.604. The zero-order chi connectivity index (χ0) is 20.3. The highest BCUT2D eigenvalue weighted by Crippen LogP contribution is 2.18. The van der Waals surface area contributed by atoms with Crippen LogP contribution >= 0.6 is 0 Å². The number of alkyl halides is 3. The van der Waals surface area contributed by atoms with E-state index in [-0.39, 0.29) is 17.9 Å². The Morgan fingerprint density at radius 1 is 1.21 bits per heavy atom. The van der Waals surface area contributed by atoms with Crippen LogP contribution in [0.3, 0.4) is 0 Å². The number of carbonyl (C=O) groups excluding carboxylic acids is 1. The number of nitrogens with zero attached hydrogens (tertiary/aromatic N) is 4. The van der Waals surface area contributed by atoms with Gasteiger partial charge >= 0.3 is 12.1 Å². The van der Waals surface area contributed by atoms with Crippen LogP contribution in [0.5, 0.6) is 0 Å². The first kappa shape index (κ1) is 20.0. The number of likely N-dealkylation sites (tertiary alicyclic amines) is 1. The number of hydrogen-bond donors (Lipinski definition) is 2. The summed E-state index contributed by atoms with van der Waals surface area (Å²) in [6.45, 7) is 3.33. The van der Waals surface area contributed by atoms with Gasteiger partial charge < -0.3 is 4.90 Å². The molecule has 7 nitrogen and oxygen atoms in total. The van der Waals surface area contributed by atoms with Gasteiger partial charge in [-0.05, 0) is 46.0 Å². The molecule has 150 valence electrons. The Labute approximate surface area is 160 Å². The maximum atomic E-state index is 12.7. The Balaban J connectivity index is 1.87. The third kappa shape index (κ3) is 4.94. The van der Waals surface area contributed by atoms with Crippen LogP contribution in [0.2, 0.25) is 0 Å². The summed E-state index contributed by atoms with van der Waals surface area (Å²) in [7, 11) is 1.97. The molecule has 1 aliphatic heterocycles. The standard InChI is InChI=1S/C18H21F3N6O/c1-11-13-5-3-4-6-14(13)24-16(22-11)26-17(25-15(28)18(19,20)21)23-12-7-9-27(2)10-8-12/h3-6,12H,7-10H2,1-2H3,(H2,22,23,24,25,26,28). The van der Waals surface area contributed by atoms with E-state index >= 15 is 0 Å². The summed E-state index contributed by atoms with van der Waals surface area (Å²) in [6.07, 6.45) is -3.66. The van der Waals surface area contributed by atoms with Gasteiger partial charge in [-0.25, -0.2) is 15.0 Å². The summed E-state index contributed by atoms with van der Waals surface area (Å²) in [5.41, 5.74) is 1.30. The molecule has 0 atom stereocenters. The SMILES string of the molecule is Cc1nc(NC(=NC2CCN(C)CC2)NC(=O)C(F)(F)F)nc2ccccc12. The van der Waals surface area contributed by atoms with Crippen molar-refractivity contribution >= 4 is 28.7 Å². The second-order valence-corrected chi connectivity index (χ2v) is 6.74. The van der Waals surface area contributed by atoms with Gasteiger partial charge in [0.2, 0.25) is 11.9 Å². The fourth-order valence-corrected chi connectivity index (χ4v) is 2.98. The molecule has 1 aromatic heterocycles. The molecule has 2 N–H and O–H groups in total. The summed E-state index contributed by atoms with van der Waals surface area (Å²) < 4.78 is 38.2. The van der Waals surface area contributed by atoms with E-state index in [9.17, 15) is 18.0 Å². The average Bonchev–Trinajstić information content (AvgIpc) is 2.63. The first-order valence-electron chi connectivity index (χ1n) is 8.87. The van der Waals surface area contributed by atoms with Crippen molar-refractivity contribution in [3.8, 4) is 0 Å². The molecule has 28 heavy (non-hydrogen) atoms. The Kier molecular flexibility index (Phi) is 5.78. The maximum absolute atomic E-state index is 12.7. The molecule has 1 aromatic carbocycles. The maximum Gasteiger partial charge on any atom is 0.471 e. The van der Waals surface area contributed by atoms with E-state index in [1.165, 1.54) is 0 Å². The zero-order valence-corrected chi connectivity index (χ0v) is 15.5. The molecule has 1 saturated heterocycles. The van der Waals surface area contributed by atoms with Crippen LogP contribution < -0.4 is 10.6 Å². The number of nitrogens with one attached hydrogen (secondary N) is 2. The second kappa shape index (κ2) is 8.09. The molecule has 0 radical (unpaired) electrons. The smallest absolute Gasteiger partial charge is 0.306 e. The lowest BCUT2D eigenvalue weighted by Gasteiger charge is -2.27. The molecule has 2 aromatic rings. The molecule has 10 heteroatoms. The van der Waals surface area contributed by atoms with E-state index in [4.69, 9.17) is 0 Å². The summed E-state index contributed by atoms with van der Waals surface area (Å²) in [4.78, 5) is 26.4. The first-order valence-corrected chi connectivity index (χ1v) is 8.87. The topological polar surface area (TPSA) is 82.5 Å². The van der Waals surface area contributed by atoms with Crippen LogP contribution in [0.1, 0.15) is 18.5 Å². The van der Waals surface area contributed by atoms with Crippen molar-refractivity contribution in [1.29, 1.82) is 0 Å². The molecule has 3 rings (SSSR count). The summed E-state index contributed by atoms with van der Waals surface area (Å²) in [5.74, 6) is -2.32. The normalized spacial score (nSPS) is 17.0. The summed E-state index contributed by atoms with van der Waals surface area (Å²) in [5, 5.41) is 5.30. The summed E-state index contributed by atoms with van der Waals surface area (Å²) in [6, 6.07) is 7.08. The predicted molar refractivity (Wildman–Crippen MR) is 100 cm³/mol. The highest BCUT2D eigenvalue weighted by molar-refractivity contribution is 6.05. The lowest BCUT2D eigenvalue weighted by molar-refractivity contribution is -0.171. The molecule has 0 aliphatic carbocycles. The van der Waals surface area contributed by atoms with E-state index in [0.29, 0.717) is 24.1 Å². The average molecular weight is 394 g/mol. The van der Waals surface area contributed by atoms with Gasteiger partial charge in [0, 0.05) is 5.39 Å². The monoisotopic (exact) mass is 394 g/mol. The Bertz CT molecular complexity index is 891. The molecule has 1 amide bonds. The first-order chi connectivity index (χ1) is 13.2. The van der Waals surface area contributed by atoms with Crippen LogP contribution in [-0.4, -0.2) is 59.1 Å². The molecular formula is C18H21F3N6O. The van der Waals surface area contributed by atoms with E-state index in [2.05, 4.69) is 25.2 Å². The van der Waals surface area contributed by atoms with Gasteiger partial charge in [-0.1, -0.05) is 18.2 Å². The van der Waals surface area contributed by atoms with Gasteiger partial charge in [-0.15, -0.1) is 0 Å². The number of piperidine rings is 1. The van der Waals surface area contributed by atoms with Crippen molar-refractivity contribution < 1.29 is 18.0 Å². The molecule has 1 aliphatic rings. The lowest BCUT2D eigenvalue weighted by Crippen LogP contribution is -2.45. The highest BCUT2D eigenvalue weighted by Gasteiger charge is 2.39. The number of anilines is 1. The minimum atomic E-state index is -5.02. The minimum Gasteiger partial charge on any atom is -0.306 e. The van der Waals surface area contributed by atoms with Crippen LogP contribution in [0.15, 0.2) is 29.3 Å². The van der Waals surface area contributed by atoms with Crippen molar-refractivity contribution in [1.82, 2.24) is 20.2 Å². The number of aromatic nitrogens is 2. The van der Waals surface area contributed by atoms with E-state index in [1.807, 2.05) is 24.5 Å². The van der Waals surface area contributed by atoms with Gasteiger partial charge in [0.25, 0.3) is 0 Å². The van der Waals surface area contributed by atoms with Crippen molar-refractivity contribution in [2.45, 2.75) is 32.0 Å². The van der Waals surface area contributed by atoms with E-state index < -0.39 is 12.1 Å². The molecule has 0 saturated carbocycles. The Morgan fingerprint density at radius 2 is 1.89 bits per heavy atom. The Morgan fingerprint density at radius 3 is 2.57 bits per heavy atom. The molecule has 0 spiro atoms. The van der Waals surface area contributed by atoms with Crippen LogP contribution in [0, 0.1) is 6.92 Å². The minimum absolute atomic E-state index is 0.0744. The number of rotatable bonds is 2. The van der Waals surface area contributed by atoms with Gasteiger partial charge in [0.05, 0.1) is 17.3 Å². The van der Waals surface area contributed by atoms with Gasteiger partial charge in [-0.3, -0.25) is 15.4 Å². The van der Waals surface area contributed by atoms with E-state index in [0.717, 1.165) is 18.5 Å². The van der Waals surface area contributed by atoms with Crippen molar-refractivity contribution in [3.05, 3.63) is 30.0 Å². The fraction of sp³-hybridized carbons (Fsp3) is 0.444. The largest absolute Gasteiger partial charge is 0.471 e. The highest BCUT2D eigenvalue weighted by atomic mass is 19.4. The van der Waals surface area contributed by atoms with Crippen LogP contribution in [0.4, 0.5) is 19.1 Å². The number of hydrogen-bond acceptors (Lipinski definition) is 5. The molecule has 1 fully saturated rings. The molecular weight excluding hydrogens is 373 g/mol. The van der Waals surface area contributed by atoms with Crippen LogP contribution in [-0.2, 0) is 4.79 Å². The van der Waals surface area contributed by atoms with Gasteiger partial charge in [0.15, 0.2) is 0 Å².